The number of hydrogen-bond donors (Lipinski definition) is 1. The van der Waals surface area contributed by atoms with Crippen molar-refractivity contribution in [3.63, 3.8) is 0 Å². The SMILES string of the molecule is CC[Si](C#CC[C@](C#C[C@@]1(O)C=CC[C@@]1(O[Si](C)(C)C(C)(C)C)C(=O)OC)(O[Si](CC)(CC)CC)[C@H]1COC(C)(C)O1)(CC)CC. The molecule has 0 aromatic rings. The minimum Gasteiger partial charge on any atom is -0.467 e. The van der Waals surface area contributed by atoms with Crippen LogP contribution in [0.2, 0.25) is 54.4 Å². The lowest BCUT2D eigenvalue weighted by atomic mass is 9.84. The number of aliphatic hydroxyl groups is 1. The van der Waals surface area contributed by atoms with Gasteiger partial charge in [0.25, 0.3) is 0 Å². The molecule has 7 nitrogen and oxygen atoms in total. The summed E-state index contributed by atoms with van der Waals surface area (Å²) in [5.41, 5.74) is -1.14. The van der Waals surface area contributed by atoms with Crippen molar-refractivity contribution in [2.75, 3.05) is 13.7 Å². The highest BCUT2D eigenvalue weighted by atomic mass is 28.4. The van der Waals surface area contributed by atoms with Crippen molar-refractivity contribution in [1.29, 1.82) is 0 Å². The van der Waals surface area contributed by atoms with Gasteiger partial charge in [-0.2, -0.15) is 0 Å². The molecule has 1 saturated heterocycles. The van der Waals surface area contributed by atoms with Crippen LogP contribution in [0.1, 0.15) is 89.0 Å². The Morgan fingerprint density at radius 2 is 1.57 bits per heavy atom. The predicted molar refractivity (Wildman–Crippen MR) is 195 cm³/mol. The molecule has 1 aliphatic carbocycles. The molecule has 4 atom stereocenters. The highest BCUT2D eigenvalue weighted by Gasteiger charge is 2.62. The summed E-state index contributed by atoms with van der Waals surface area (Å²) in [5, 5.41) is 12.2. The molecule has 10 heteroatoms. The van der Waals surface area contributed by atoms with Gasteiger partial charge >= 0.3 is 5.97 Å². The third kappa shape index (κ3) is 8.31. The Hall–Kier alpha value is -1.22. The van der Waals surface area contributed by atoms with E-state index >= 15 is 0 Å². The summed E-state index contributed by atoms with van der Waals surface area (Å²) in [6, 6.07) is 5.94. The number of ether oxygens (including phenoxy) is 3. The molecule has 1 fully saturated rings. The predicted octanol–water partition coefficient (Wildman–Crippen LogP) is 7.97. The molecule has 2 aliphatic rings. The van der Waals surface area contributed by atoms with Crippen molar-refractivity contribution in [2.24, 2.45) is 0 Å². The van der Waals surface area contributed by atoms with Crippen molar-refractivity contribution in [3.05, 3.63) is 12.2 Å². The fraction of sp³-hybridized carbons (Fsp3) is 0.806. The van der Waals surface area contributed by atoms with Crippen LogP contribution >= 0.6 is 0 Å². The van der Waals surface area contributed by atoms with Gasteiger partial charge in [0.1, 0.15) is 14.2 Å². The molecule has 1 N–H and O–H groups in total. The molecular formula is C36H64O7Si3. The van der Waals surface area contributed by atoms with Gasteiger partial charge in [0.15, 0.2) is 33.6 Å². The summed E-state index contributed by atoms with van der Waals surface area (Å²) >= 11 is 0. The van der Waals surface area contributed by atoms with Crippen LogP contribution in [0, 0.1) is 23.3 Å². The Labute approximate surface area is 284 Å². The fourth-order valence-electron chi connectivity index (χ4n) is 6.20. The van der Waals surface area contributed by atoms with Crippen LogP contribution in [-0.2, 0) is 27.9 Å². The average Bonchev–Trinajstić information content (AvgIpc) is 3.55. The van der Waals surface area contributed by atoms with E-state index in [0.717, 1.165) is 36.3 Å². The molecule has 0 unspecified atom stereocenters. The molecule has 0 aromatic heterocycles. The van der Waals surface area contributed by atoms with Gasteiger partial charge in [0, 0.05) is 6.42 Å². The van der Waals surface area contributed by atoms with Gasteiger partial charge in [0.05, 0.1) is 20.1 Å². The lowest BCUT2D eigenvalue weighted by Gasteiger charge is -2.46. The maximum absolute atomic E-state index is 13.7. The maximum atomic E-state index is 13.7. The first-order valence-corrected chi connectivity index (χ1v) is 25.5. The lowest BCUT2D eigenvalue weighted by Crippen LogP contribution is -2.63. The molecule has 46 heavy (non-hydrogen) atoms. The van der Waals surface area contributed by atoms with E-state index in [9.17, 15) is 9.90 Å². The Morgan fingerprint density at radius 3 is 2.00 bits per heavy atom. The zero-order valence-corrected chi connectivity index (χ0v) is 34.5. The van der Waals surface area contributed by atoms with E-state index in [4.69, 9.17) is 23.1 Å². The van der Waals surface area contributed by atoms with Crippen LogP contribution in [0.25, 0.3) is 0 Å². The van der Waals surface area contributed by atoms with Gasteiger partial charge in [0.2, 0.25) is 5.60 Å². The number of carbonyl (C=O) groups is 1. The number of esters is 1. The molecule has 0 radical (unpaired) electrons. The van der Waals surface area contributed by atoms with Crippen LogP contribution in [0.15, 0.2) is 12.2 Å². The number of rotatable bonds is 13. The zero-order valence-electron chi connectivity index (χ0n) is 31.5. The van der Waals surface area contributed by atoms with E-state index in [0.29, 0.717) is 6.42 Å². The number of hydrogen-bond acceptors (Lipinski definition) is 7. The monoisotopic (exact) mass is 692 g/mol. The van der Waals surface area contributed by atoms with Crippen molar-refractivity contribution < 1.29 is 33.0 Å². The molecule has 2 rings (SSSR count). The lowest BCUT2D eigenvalue weighted by molar-refractivity contribution is -0.173. The standard InChI is InChI=1S/C36H64O7Si3/c1-15-45(16-2,17-3)28-22-23-34(30-29-40-33(10,11)41-30,42-46(18-4,19-5)20-6)26-27-35(38)24-21-25-36(35,31(37)39-12)43-44(13,14)32(7,8)9/h21,24,30,38H,15-20,23,25,29H2,1-14H3/t30-,34-,35+,36-/m1/s1. The summed E-state index contributed by atoms with van der Waals surface area (Å²) < 4.78 is 32.2. The smallest absolute Gasteiger partial charge is 0.341 e. The first-order chi connectivity index (χ1) is 21.2. The molecule has 1 heterocycles. The molecule has 0 amide bonds. The molecule has 262 valence electrons. The van der Waals surface area contributed by atoms with Crippen LogP contribution in [0.5, 0.6) is 0 Å². The van der Waals surface area contributed by atoms with Crippen molar-refractivity contribution in [3.8, 4) is 23.3 Å². The van der Waals surface area contributed by atoms with E-state index in [1.807, 2.05) is 13.8 Å². The minimum atomic E-state index is -2.60. The van der Waals surface area contributed by atoms with Gasteiger partial charge < -0.3 is 28.2 Å². The van der Waals surface area contributed by atoms with Crippen molar-refractivity contribution in [1.82, 2.24) is 0 Å². The molecule has 0 saturated carbocycles. The minimum absolute atomic E-state index is 0.149. The summed E-state index contributed by atoms with van der Waals surface area (Å²) in [6.45, 7) is 27.8. The first-order valence-electron chi connectivity index (χ1n) is 17.4. The topological polar surface area (TPSA) is 83.5 Å². The zero-order chi connectivity index (χ0) is 35.3. The van der Waals surface area contributed by atoms with Crippen LogP contribution in [0.3, 0.4) is 0 Å². The Balaban J connectivity index is 2.93. The summed E-state index contributed by atoms with van der Waals surface area (Å²) in [4.78, 5) is 13.7. The van der Waals surface area contributed by atoms with E-state index in [-0.39, 0.29) is 18.1 Å². The molecule has 0 spiro atoms. The third-order valence-electron chi connectivity index (χ3n) is 11.2. The van der Waals surface area contributed by atoms with Crippen LogP contribution in [0.4, 0.5) is 0 Å². The Bertz CT molecular complexity index is 1190. The van der Waals surface area contributed by atoms with Gasteiger partial charge in [-0.15, -0.1) is 11.5 Å². The molecular weight excluding hydrogens is 629 g/mol. The summed E-state index contributed by atoms with van der Waals surface area (Å²) in [5.74, 6) is 8.74. The van der Waals surface area contributed by atoms with Crippen molar-refractivity contribution >= 4 is 30.7 Å². The highest BCUT2D eigenvalue weighted by Crippen LogP contribution is 2.47. The summed E-state index contributed by atoms with van der Waals surface area (Å²) in [6.07, 6.45) is 3.26. The number of methoxy groups -OCH3 is 1. The second-order valence-corrected chi connectivity index (χ2v) is 29.5. The highest BCUT2D eigenvalue weighted by molar-refractivity contribution is 6.87. The van der Waals surface area contributed by atoms with Crippen molar-refractivity contribution in [2.45, 2.75) is 172 Å². The second kappa shape index (κ2) is 15.1. The Morgan fingerprint density at radius 1 is 1.00 bits per heavy atom. The maximum Gasteiger partial charge on any atom is 0.341 e. The largest absolute Gasteiger partial charge is 0.467 e. The third-order valence-corrected chi connectivity index (χ3v) is 25.1. The Kier molecular flexibility index (Phi) is 13.5. The number of carbonyl (C=O) groups excluding carboxylic acids is 1. The van der Waals surface area contributed by atoms with E-state index < -0.39 is 59.4 Å². The molecule has 0 aromatic carbocycles. The second-order valence-electron chi connectivity index (χ2n) is 15.2. The fourth-order valence-corrected chi connectivity index (χ4v) is 13.2. The van der Waals surface area contributed by atoms with Crippen LogP contribution in [-0.4, -0.2) is 78.2 Å². The molecule has 1 aliphatic heterocycles. The van der Waals surface area contributed by atoms with E-state index in [1.165, 1.54) is 7.11 Å². The van der Waals surface area contributed by atoms with E-state index in [1.54, 1.807) is 12.2 Å². The van der Waals surface area contributed by atoms with Gasteiger partial charge in [-0.1, -0.05) is 80.2 Å². The quantitative estimate of drug-likeness (QED) is 0.0908. The summed E-state index contributed by atoms with van der Waals surface area (Å²) in [7, 11) is -5.38. The first kappa shape index (κ1) is 41.0. The van der Waals surface area contributed by atoms with Gasteiger partial charge in [-0.25, -0.2) is 4.79 Å². The molecule has 0 bridgehead atoms. The average molecular weight is 693 g/mol. The van der Waals surface area contributed by atoms with Gasteiger partial charge in [-0.05, 0) is 74.3 Å². The normalized spacial score (nSPS) is 26.1. The van der Waals surface area contributed by atoms with Crippen LogP contribution < -0.4 is 0 Å². The van der Waals surface area contributed by atoms with Gasteiger partial charge in [-0.3, -0.25) is 0 Å². The van der Waals surface area contributed by atoms with E-state index in [2.05, 4.69) is 98.7 Å².